The van der Waals surface area contributed by atoms with E-state index < -0.39 is 5.91 Å². The number of anilines is 1. The molecule has 0 bridgehead atoms. The first-order valence-corrected chi connectivity index (χ1v) is 8.82. The Kier molecular flexibility index (Phi) is 6.90. The van der Waals surface area contributed by atoms with Gasteiger partial charge in [0, 0.05) is 17.5 Å². The summed E-state index contributed by atoms with van der Waals surface area (Å²) in [5, 5.41) is 15.0. The molecule has 5 nitrogen and oxygen atoms in total. The molecular formula is C22H23N3O2. The van der Waals surface area contributed by atoms with Crippen LogP contribution in [-0.4, -0.2) is 11.7 Å². The Morgan fingerprint density at radius 3 is 2.26 bits per heavy atom. The van der Waals surface area contributed by atoms with E-state index in [0.717, 1.165) is 12.0 Å². The minimum absolute atomic E-state index is 0.0184. The van der Waals surface area contributed by atoms with Crippen molar-refractivity contribution >= 4 is 17.4 Å². The number of nitrogens with one attached hydrogen (secondary N) is 2. The van der Waals surface area contributed by atoms with Gasteiger partial charge in [-0.05, 0) is 55.7 Å². The maximum absolute atomic E-state index is 12.4. The lowest BCUT2D eigenvalue weighted by Crippen LogP contribution is -2.28. The number of benzene rings is 2. The summed E-state index contributed by atoms with van der Waals surface area (Å²) >= 11 is 0. The smallest absolute Gasteiger partial charge is 0.263 e. The number of hydrogen-bond donors (Lipinski definition) is 2. The fourth-order valence-electron chi connectivity index (χ4n) is 2.50. The van der Waals surface area contributed by atoms with Crippen LogP contribution in [0, 0.1) is 11.3 Å². The van der Waals surface area contributed by atoms with E-state index in [1.807, 2.05) is 37.3 Å². The van der Waals surface area contributed by atoms with Crippen LogP contribution in [0.3, 0.4) is 0 Å². The summed E-state index contributed by atoms with van der Waals surface area (Å²) in [6, 6.07) is 16.5. The highest BCUT2D eigenvalue weighted by atomic mass is 16.1. The van der Waals surface area contributed by atoms with Crippen LogP contribution >= 0.6 is 0 Å². The van der Waals surface area contributed by atoms with Crippen LogP contribution in [0.25, 0.3) is 0 Å². The Hall–Kier alpha value is -3.39. The van der Waals surface area contributed by atoms with Gasteiger partial charge in [0.1, 0.15) is 11.6 Å². The summed E-state index contributed by atoms with van der Waals surface area (Å²) in [6.45, 7) is 5.46. The van der Waals surface area contributed by atoms with Gasteiger partial charge in [0.05, 0.1) is 6.04 Å². The Morgan fingerprint density at radius 1 is 1.11 bits per heavy atom. The molecule has 2 aromatic carbocycles. The molecule has 5 heteroatoms. The Bertz CT molecular complexity index is 875. The number of carbonyl (C=O) groups excluding carboxylic acids is 2. The Balaban J connectivity index is 2.02. The molecule has 1 atom stereocenters. The van der Waals surface area contributed by atoms with Crippen LogP contribution in [-0.2, 0) is 11.2 Å². The van der Waals surface area contributed by atoms with Crippen molar-refractivity contribution in [2.75, 3.05) is 5.32 Å². The third-order valence-electron chi connectivity index (χ3n) is 4.28. The van der Waals surface area contributed by atoms with Gasteiger partial charge in [-0.1, -0.05) is 31.2 Å². The lowest BCUT2D eigenvalue weighted by Gasteiger charge is -2.14. The molecule has 2 aromatic rings. The summed E-state index contributed by atoms with van der Waals surface area (Å²) in [5.41, 5.74) is 3.47. The van der Waals surface area contributed by atoms with Crippen LogP contribution in [0.1, 0.15) is 48.3 Å². The van der Waals surface area contributed by atoms with Crippen LogP contribution in [0.15, 0.2) is 60.3 Å². The van der Waals surface area contributed by atoms with Gasteiger partial charge in [0.25, 0.3) is 5.91 Å². The lowest BCUT2D eigenvalue weighted by molar-refractivity contribution is -0.117. The zero-order valence-electron chi connectivity index (χ0n) is 15.7. The summed E-state index contributed by atoms with van der Waals surface area (Å²) < 4.78 is 0. The van der Waals surface area contributed by atoms with E-state index in [0.29, 0.717) is 11.3 Å². The molecule has 0 saturated heterocycles. The van der Waals surface area contributed by atoms with E-state index in [1.54, 1.807) is 24.3 Å². The molecule has 0 fully saturated rings. The summed E-state index contributed by atoms with van der Waals surface area (Å²) in [6.07, 6.45) is 2.33. The molecule has 2 N–H and O–H groups in total. The van der Waals surface area contributed by atoms with E-state index >= 15 is 0 Å². The first-order valence-electron chi connectivity index (χ1n) is 8.82. The number of carbonyl (C=O) groups is 2. The standard InChI is InChI=1S/C22H23N3O2/c1-4-17-5-7-18(8-6-17)15(2)25-22(27)20(13-23)14-24-21-11-9-19(10-12-21)16(3)26/h5-12,14-15,24H,4H2,1-3H3,(H,25,27)/b20-14-. The second-order valence-electron chi connectivity index (χ2n) is 6.24. The molecule has 27 heavy (non-hydrogen) atoms. The average Bonchev–Trinajstić information content (AvgIpc) is 2.68. The highest BCUT2D eigenvalue weighted by Gasteiger charge is 2.13. The van der Waals surface area contributed by atoms with Crippen LogP contribution < -0.4 is 10.6 Å². The van der Waals surface area contributed by atoms with Gasteiger partial charge in [-0.3, -0.25) is 9.59 Å². The fraction of sp³-hybridized carbons (Fsp3) is 0.227. The molecule has 2 rings (SSSR count). The number of amides is 1. The number of rotatable bonds is 7. The predicted molar refractivity (Wildman–Crippen MR) is 106 cm³/mol. The van der Waals surface area contributed by atoms with Crippen LogP contribution in [0.4, 0.5) is 5.69 Å². The zero-order valence-corrected chi connectivity index (χ0v) is 15.7. The van der Waals surface area contributed by atoms with Gasteiger partial charge in [0.2, 0.25) is 0 Å². The zero-order chi connectivity index (χ0) is 19.8. The monoisotopic (exact) mass is 361 g/mol. The molecule has 0 aliphatic heterocycles. The van der Waals surface area contributed by atoms with E-state index in [-0.39, 0.29) is 17.4 Å². The highest BCUT2D eigenvalue weighted by Crippen LogP contribution is 2.15. The first-order chi connectivity index (χ1) is 12.9. The van der Waals surface area contributed by atoms with E-state index in [4.69, 9.17) is 0 Å². The van der Waals surface area contributed by atoms with Crippen molar-refractivity contribution in [1.82, 2.24) is 5.32 Å². The SMILES string of the molecule is CCc1ccc(C(C)NC(=O)/C(C#N)=C\Nc2ccc(C(C)=O)cc2)cc1. The number of ketones is 1. The predicted octanol–water partition coefficient (Wildman–Crippen LogP) is 4.15. The Morgan fingerprint density at radius 2 is 1.74 bits per heavy atom. The van der Waals surface area contributed by atoms with Gasteiger partial charge >= 0.3 is 0 Å². The maximum atomic E-state index is 12.4. The number of Topliss-reactive ketones (excluding diaryl/α,β-unsaturated/α-hetero) is 1. The van der Waals surface area contributed by atoms with E-state index in [2.05, 4.69) is 17.6 Å². The number of nitriles is 1. The molecule has 0 saturated carbocycles. The molecule has 0 radical (unpaired) electrons. The van der Waals surface area contributed by atoms with Crippen molar-refractivity contribution < 1.29 is 9.59 Å². The molecule has 0 spiro atoms. The van der Waals surface area contributed by atoms with Crippen molar-refractivity contribution in [3.8, 4) is 6.07 Å². The minimum atomic E-state index is -0.447. The summed E-state index contributed by atoms with van der Waals surface area (Å²) in [4.78, 5) is 23.6. The summed E-state index contributed by atoms with van der Waals surface area (Å²) in [7, 11) is 0. The van der Waals surface area contributed by atoms with Gasteiger partial charge in [-0.2, -0.15) is 5.26 Å². The third kappa shape index (κ3) is 5.55. The molecule has 1 amide bonds. The van der Waals surface area contributed by atoms with Crippen LogP contribution in [0.2, 0.25) is 0 Å². The molecule has 0 heterocycles. The van der Waals surface area contributed by atoms with Crippen molar-refractivity contribution in [2.45, 2.75) is 33.2 Å². The van der Waals surface area contributed by atoms with Crippen molar-refractivity contribution in [3.63, 3.8) is 0 Å². The quantitative estimate of drug-likeness (QED) is 0.441. The third-order valence-corrected chi connectivity index (χ3v) is 4.28. The van der Waals surface area contributed by atoms with Gasteiger partial charge in [0.15, 0.2) is 5.78 Å². The molecule has 0 aliphatic rings. The second-order valence-corrected chi connectivity index (χ2v) is 6.24. The van der Waals surface area contributed by atoms with E-state index in [1.165, 1.54) is 18.7 Å². The van der Waals surface area contributed by atoms with Crippen molar-refractivity contribution in [1.29, 1.82) is 5.26 Å². The number of nitrogens with zero attached hydrogens (tertiary/aromatic N) is 1. The molecule has 0 aromatic heterocycles. The number of aryl methyl sites for hydroxylation is 1. The fourth-order valence-corrected chi connectivity index (χ4v) is 2.50. The second kappa shape index (κ2) is 9.35. The Labute approximate surface area is 159 Å². The lowest BCUT2D eigenvalue weighted by atomic mass is 10.0. The molecular weight excluding hydrogens is 338 g/mol. The highest BCUT2D eigenvalue weighted by molar-refractivity contribution is 5.98. The summed E-state index contributed by atoms with van der Waals surface area (Å²) in [5.74, 6) is -0.465. The molecule has 0 aliphatic carbocycles. The first kappa shape index (κ1) is 19.9. The topological polar surface area (TPSA) is 82.0 Å². The maximum Gasteiger partial charge on any atom is 0.263 e. The van der Waals surface area contributed by atoms with Gasteiger partial charge < -0.3 is 10.6 Å². The number of hydrogen-bond acceptors (Lipinski definition) is 4. The van der Waals surface area contributed by atoms with Gasteiger partial charge in [-0.15, -0.1) is 0 Å². The van der Waals surface area contributed by atoms with Crippen molar-refractivity contribution in [2.24, 2.45) is 0 Å². The van der Waals surface area contributed by atoms with E-state index in [9.17, 15) is 14.9 Å². The van der Waals surface area contributed by atoms with Gasteiger partial charge in [-0.25, -0.2) is 0 Å². The van der Waals surface area contributed by atoms with Crippen LogP contribution in [0.5, 0.6) is 0 Å². The largest absolute Gasteiger partial charge is 0.360 e. The molecule has 138 valence electrons. The normalized spacial score (nSPS) is 12.0. The average molecular weight is 361 g/mol. The minimum Gasteiger partial charge on any atom is -0.360 e. The van der Waals surface area contributed by atoms with Crippen molar-refractivity contribution in [3.05, 3.63) is 77.0 Å². The molecule has 1 unspecified atom stereocenters.